The second kappa shape index (κ2) is 5.95. The summed E-state index contributed by atoms with van der Waals surface area (Å²) in [5.41, 5.74) is 2.53. The van der Waals surface area contributed by atoms with Crippen molar-refractivity contribution in [1.82, 2.24) is 4.98 Å². The smallest absolute Gasteiger partial charge is 0.338 e. The average molecular weight is 362 g/mol. The van der Waals surface area contributed by atoms with E-state index in [1.807, 2.05) is 36.4 Å². The van der Waals surface area contributed by atoms with Crippen LogP contribution in [-0.4, -0.2) is 17.6 Å². The minimum Gasteiger partial charge on any atom is -0.462 e. The number of aromatic nitrogens is 1. The number of halogens is 1. The Labute approximate surface area is 134 Å². The topological polar surface area (TPSA) is 39.2 Å². The maximum Gasteiger partial charge on any atom is 0.338 e. The van der Waals surface area contributed by atoms with Crippen LogP contribution in [0.3, 0.4) is 0 Å². The summed E-state index contributed by atoms with van der Waals surface area (Å²) in [5.74, 6) is -0.294. The molecule has 0 aliphatic rings. The predicted octanol–water partition coefficient (Wildman–Crippen LogP) is 4.90. The number of rotatable bonds is 3. The first-order valence-electron chi connectivity index (χ1n) is 6.51. The molecule has 0 N–H and O–H groups in total. The van der Waals surface area contributed by atoms with Gasteiger partial charge in [0.25, 0.3) is 0 Å². The third kappa shape index (κ3) is 2.99. The molecule has 0 aliphatic heterocycles. The van der Waals surface area contributed by atoms with E-state index in [9.17, 15) is 4.79 Å². The van der Waals surface area contributed by atoms with E-state index in [-0.39, 0.29) is 5.97 Å². The highest BCUT2D eigenvalue weighted by molar-refractivity contribution is 9.10. The molecule has 21 heavy (non-hydrogen) atoms. The first-order valence-corrected chi connectivity index (χ1v) is 8.12. The predicted molar refractivity (Wildman–Crippen MR) is 88.7 cm³/mol. The number of nitrogens with zero attached hydrogens (tertiary/aromatic N) is 1. The number of carbonyl (C=O) groups is 1. The molecular weight excluding hydrogens is 350 g/mol. The Bertz CT molecular complexity index is 796. The SMILES string of the molecule is CCOC(=O)c1ccc2nc(-c3ccc(Br)cc3)sc2c1. The van der Waals surface area contributed by atoms with E-state index >= 15 is 0 Å². The van der Waals surface area contributed by atoms with E-state index in [1.165, 1.54) is 0 Å². The van der Waals surface area contributed by atoms with Crippen molar-refractivity contribution in [3.8, 4) is 10.6 Å². The molecule has 3 aromatic rings. The van der Waals surface area contributed by atoms with Gasteiger partial charge in [0.1, 0.15) is 5.01 Å². The van der Waals surface area contributed by atoms with Crippen molar-refractivity contribution in [3.63, 3.8) is 0 Å². The summed E-state index contributed by atoms with van der Waals surface area (Å²) < 4.78 is 7.05. The van der Waals surface area contributed by atoms with Gasteiger partial charge in [-0.2, -0.15) is 0 Å². The Morgan fingerprint density at radius 3 is 2.71 bits per heavy atom. The molecule has 5 heteroatoms. The third-order valence-corrected chi connectivity index (χ3v) is 4.59. The highest BCUT2D eigenvalue weighted by Crippen LogP contribution is 2.31. The zero-order chi connectivity index (χ0) is 14.8. The number of hydrogen-bond donors (Lipinski definition) is 0. The average Bonchev–Trinajstić information content (AvgIpc) is 2.91. The van der Waals surface area contributed by atoms with Gasteiger partial charge in [-0.25, -0.2) is 9.78 Å². The van der Waals surface area contributed by atoms with Crippen molar-refractivity contribution in [2.24, 2.45) is 0 Å². The van der Waals surface area contributed by atoms with E-state index in [4.69, 9.17) is 4.74 Å². The first kappa shape index (κ1) is 14.2. The standard InChI is InChI=1S/C16H12BrNO2S/c1-2-20-16(19)11-5-8-13-14(9-11)21-15(18-13)10-3-6-12(17)7-4-10/h3-9H,2H2,1H3. The molecule has 0 amide bonds. The molecule has 0 saturated heterocycles. The van der Waals surface area contributed by atoms with Crippen LogP contribution in [0.15, 0.2) is 46.9 Å². The molecule has 0 aliphatic carbocycles. The number of carbonyl (C=O) groups excluding carboxylic acids is 1. The van der Waals surface area contributed by atoms with Crippen LogP contribution in [0, 0.1) is 0 Å². The molecule has 0 unspecified atom stereocenters. The number of esters is 1. The number of ether oxygens (including phenoxy) is 1. The van der Waals surface area contributed by atoms with E-state index in [0.29, 0.717) is 12.2 Å². The zero-order valence-corrected chi connectivity index (χ0v) is 13.7. The van der Waals surface area contributed by atoms with Gasteiger partial charge >= 0.3 is 5.97 Å². The highest BCUT2D eigenvalue weighted by atomic mass is 79.9. The van der Waals surface area contributed by atoms with Crippen molar-refractivity contribution < 1.29 is 9.53 Å². The molecule has 0 fully saturated rings. The second-order valence-electron chi connectivity index (χ2n) is 4.43. The second-order valence-corrected chi connectivity index (χ2v) is 6.38. The quantitative estimate of drug-likeness (QED) is 0.622. The van der Waals surface area contributed by atoms with Gasteiger partial charge in [0.2, 0.25) is 0 Å². The van der Waals surface area contributed by atoms with Crippen LogP contribution in [0.2, 0.25) is 0 Å². The van der Waals surface area contributed by atoms with Gasteiger partial charge in [-0.1, -0.05) is 28.1 Å². The molecule has 0 radical (unpaired) electrons. The fourth-order valence-corrected chi connectivity index (χ4v) is 3.26. The lowest BCUT2D eigenvalue weighted by atomic mass is 10.2. The molecule has 1 heterocycles. The van der Waals surface area contributed by atoms with Crippen molar-refractivity contribution >= 4 is 43.5 Å². The van der Waals surface area contributed by atoms with Gasteiger partial charge in [-0.3, -0.25) is 0 Å². The van der Waals surface area contributed by atoms with Gasteiger partial charge in [0.15, 0.2) is 0 Å². The summed E-state index contributed by atoms with van der Waals surface area (Å²) in [5, 5.41) is 0.943. The van der Waals surface area contributed by atoms with E-state index < -0.39 is 0 Å². The molecule has 0 saturated carbocycles. The number of benzene rings is 2. The van der Waals surface area contributed by atoms with Gasteiger partial charge in [-0.15, -0.1) is 11.3 Å². The molecule has 3 nitrogen and oxygen atoms in total. The summed E-state index contributed by atoms with van der Waals surface area (Å²) in [7, 11) is 0. The Balaban J connectivity index is 2.00. The molecule has 106 valence electrons. The molecule has 2 aromatic carbocycles. The molecule has 3 rings (SSSR count). The number of hydrogen-bond acceptors (Lipinski definition) is 4. The fraction of sp³-hybridized carbons (Fsp3) is 0.125. The summed E-state index contributed by atoms with van der Waals surface area (Å²) in [6.07, 6.45) is 0. The number of fused-ring (bicyclic) bond motifs is 1. The van der Waals surface area contributed by atoms with Crippen molar-refractivity contribution in [1.29, 1.82) is 0 Å². The van der Waals surface area contributed by atoms with Crippen LogP contribution in [0.5, 0.6) is 0 Å². The van der Waals surface area contributed by atoms with E-state index in [2.05, 4.69) is 20.9 Å². The number of thiazole rings is 1. The molecule has 0 bridgehead atoms. The van der Waals surface area contributed by atoms with Crippen molar-refractivity contribution in [2.45, 2.75) is 6.92 Å². The maximum absolute atomic E-state index is 11.8. The fourth-order valence-electron chi connectivity index (χ4n) is 1.98. The maximum atomic E-state index is 11.8. The van der Waals surface area contributed by atoms with Crippen LogP contribution >= 0.6 is 27.3 Å². The van der Waals surface area contributed by atoms with Gasteiger partial charge in [0, 0.05) is 10.0 Å². The van der Waals surface area contributed by atoms with Gasteiger partial charge < -0.3 is 4.74 Å². The zero-order valence-electron chi connectivity index (χ0n) is 11.3. The Kier molecular flexibility index (Phi) is 4.03. The lowest BCUT2D eigenvalue weighted by Gasteiger charge is -2.00. The lowest BCUT2D eigenvalue weighted by Crippen LogP contribution is -2.03. The Morgan fingerprint density at radius 1 is 1.24 bits per heavy atom. The minimum atomic E-state index is -0.294. The third-order valence-electron chi connectivity index (χ3n) is 2.99. The molecule has 0 atom stereocenters. The van der Waals surface area contributed by atoms with Crippen LogP contribution in [0.1, 0.15) is 17.3 Å². The monoisotopic (exact) mass is 361 g/mol. The van der Waals surface area contributed by atoms with Crippen LogP contribution in [0.25, 0.3) is 20.8 Å². The highest BCUT2D eigenvalue weighted by Gasteiger charge is 2.11. The van der Waals surface area contributed by atoms with Gasteiger partial charge in [0.05, 0.1) is 22.4 Å². The summed E-state index contributed by atoms with van der Waals surface area (Å²) in [4.78, 5) is 16.4. The van der Waals surface area contributed by atoms with Crippen LogP contribution in [0.4, 0.5) is 0 Å². The first-order chi connectivity index (χ1) is 10.2. The minimum absolute atomic E-state index is 0.294. The summed E-state index contributed by atoms with van der Waals surface area (Å²) in [6, 6.07) is 13.5. The lowest BCUT2D eigenvalue weighted by molar-refractivity contribution is 0.0526. The van der Waals surface area contributed by atoms with E-state index in [0.717, 1.165) is 25.3 Å². The molecule has 0 spiro atoms. The van der Waals surface area contributed by atoms with Crippen molar-refractivity contribution in [3.05, 3.63) is 52.5 Å². The van der Waals surface area contributed by atoms with Crippen molar-refractivity contribution in [2.75, 3.05) is 6.61 Å². The van der Waals surface area contributed by atoms with Crippen LogP contribution in [-0.2, 0) is 4.74 Å². The van der Waals surface area contributed by atoms with Gasteiger partial charge in [-0.05, 0) is 37.3 Å². The summed E-state index contributed by atoms with van der Waals surface area (Å²) in [6.45, 7) is 2.18. The largest absolute Gasteiger partial charge is 0.462 e. The summed E-state index contributed by atoms with van der Waals surface area (Å²) >= 11 is 5.00. The van der Waals surface area contributed by atoms with E-state index in [1.54, 1.807) is 24.3 Å². The molecular formula is C16H12BrNO2S. The van der Waals surface area contributed by atoms with Crippen LogP contribution < -0.4 is 0 Å². The molecule has 1 aromatic heterocycles. The normalized spacial score (nSPS) is 10.8. The Morgan fingerprint density at radius 2 is 2.00 bits per heavy atom. The Hall–Kier alpha value is -1.72.